The van der Waals surface area contributed by atoms with E-state index in [0.29, 0.717) is 18.9 Å². The van der Waals surface area contributed by atoms with Crippen LogP contribution in [0.25, 0.3) is 26.3 Å². The Morgan fingerprint density at radius 1 is 1.38 bits per heavy atom. The predicted octanol–water partition coefficient (Wildman–Crippen LogP) is 1.52. The van der Waals surface area contributed by atoms with E-state index in [2.05, 4.69) is 19.5 Å². The quantitative estimate of drug-likeness (QED) is 0.568. The Bertz CT molecular complexity index is 1100. The van der Waals surface area contributed by atoms with Crippen LogP contribution in [-0.2, 0) is 13.6 Å². The first-order valence-corrected chi connectivity index (χ1v) is 9.36. The van der Waals surface area contributed by atoms with Gasteiger partial charge in [-0.3, -0.25) is 4.90 Å². The van der Waals surface area contributed by atoms with Crippen molar-refractivity contribution < 1.29 is 5.11 Å². The molecule has 1 aliphatic rings. The second-order valence-corrected chi connectivity index (χ2v) is 7.74. The number of nitrogen functional groups attached to an aromatic ring is 1. The third kappa shape index (κ3) is 2.39. The Hall–Kier alpha value is -2.49. The van der Waals surface area contributed by atoms with Gasteiger partial charge in [0.1, 0.15) is 16.3 Å². The van der Waals surface area contributed by atoms with Crippen LogP contribution in [0, 0.1) is 0 Å². The molecule has 0 spiro atoms. The summed E-state index contributed by atoms with van der Waals surface area (Å²) in [4.78, 5) is 11.5. The van der Waals surface area contributed by atoms with Gasteiger partial charge in [0.25, 0.3) is 0 Å². The molecule has 1 saturated heterocycles. The number of hydrogen-bond acceptors (Lipinski definition) is 7. The summed E-state index contributed by atoms with van der Waals surface area (Å²) < 4.78 is 4.99. The van der Waals surface area contributed by atoms with Crippen LogP contribution < -0.4 is 5.73 Å². The lowest BCUT2D eigenvalue weighted by Crippen LogP contribution is -2.23. The number of fused-ring (bicyclic) bond motifs is 3. The van der Waals surface area contributed by atoms with Crippen molar-refractivity contribution in [2.45, 2.75) is 19.1 Å². The molecule has 0 aliphatic carbocycles. The van der Waals surface area contributed by atoms with Gasteiger partial charge in [-0.05, 0) is 12.5 Å². The fraction of sp³-hybridized carbons (Fsp3) is 0.353. The molecule has 1 fully saturated rings. The third-order valence-electron chi connectivity index (χ3n) is 4.93. The molecule has 9 heteroatoms. The van der Waals surface area contributed by atoms with Gasteiger partial charge in [0, 0.05) is 38.6 Å². The van der Waals surface area contributed by atoms with E-state index in [4.69, 9.17) is 10.7 Å². The minimum atomic E-state index is -0.239. The van der Waals surface area contributed by atoms with Gasteiger partial charge in [-0.25, -0.2) is 14.6 Å². The van der Waals surface area contributed by atoms with Gasteiger partial charge >= 0.3 is 0 Å². The SMILES string of the molecule is Cn1c(CN2CCC(O)C2)nc2c(N)nc3cc(-n4cccn4)sc3c21. The zero-order chi connectivity index (χ0) is 17.8. The topological polar surface area (TPSA) is 98.0 Å². The van der Waals surface area contributed by atoms with Gasteiger partial charge in [-0.2, -0.15) is 5.10 Å². The Morgan fingerprint density at radius 3 is 3.00 bits per heavy atom. The number of aryl methyl sites for hydroxylation is 1. The Morgan fingerprint density at radius 2 is 2.27 bits per heavy atom. The number of anilines is 1. The van der Waals surface area contributed by atoms with Crippen LogP contribution in [0.2, 0.25) is 0 Å². The first-order chi connectivity index (χ1) is 12.6. The third-order valence-corrected chi connectivity index (χ3v) is 6.05. The van der Waals surface area contributed by atoms with E-state index in [9.17, 15) is 5.11 Å². The molecule has 0 bridgehead atoms. The van der Waals surface area contributed by atoms with Crippen LogP contribution >= 0.6 is 11.3 Å². The number of likely N-dealkylation sites (tertiary alicyclic amines) is 1. The second kappa shape index (κ2) is 5.76. The maximum atomic E-state index is 9.76. The van der Waals surface area contributed by atoms with Gasteiger partial charge in [-0.1, -0.05) is 0 Å². The molecule has 5 heterocycles. The number of thiophene rings is 1. The van der Waals surface area contributed by atoms with Crippen LogP contribution in [0.5, 0.6) is 0 Å². The first-order valence-electron chi connectivity index (χ1n) is 8.55. The number of imidazole rings is 1. The largest absolute Gasteiger partial charge is 0.392 e. The molecule has 1 aliphatic heterocycles. The fourth-order valence-corrected chi connectivity index (χ4v) is 4.72. The van der Waals surface area contributed by atoms with Gasteiger partial charge in [0.05, 0.1) is 28.4 Å². The van der Waals surface area contributed by atoms with Crippen LogP contribution in [-0.4, -0.2) is 53.5 Å². The van der Waals surface area contributed by atoms with Gasteiger partial charge in [0.15, 0.2) is 5.82 Å². The molecule has 26 heavy (non-hydrogen) atoms. The Labute approximate surface area is 153 Å². The van der Waals surface area contributed by atoms with Crippen LogP contribution in [0.4, 0.5) is 5.82 Å². The minimum absolute atomic E-state index is 0.239. The Balaban J connectivity index is 1.65. The summed E-state index contributed by atoms with van der Waals surface area (Å²) in [5.74, 6) is 1.38. The summed E-state index contributed by atoms with van der Waals surface area (Å²) in [7, 11) is 2.02. The summed E-state index contributed by atoms with van der Waals surface area (Å²) in [5.41, 5.74) is 8.81. The van der Waals surface area contributed by atoms with E-state index in [0.717, 1.165) is 45.0 Å². The lowest BCUT2D eigenvalue weighted by molar-refractivity contribution is 0.173. The Kier molecular flexibility index (Phi) is 3.49. The zero-order valence-corrected chi connectivity index (χ0v) is 15.1. The second-order valence-electron chi connectivity index (χ2n) is 6.71. The standard InChI is InChI=1S/C17H19N7OS/c1-22-12(9-23-6-3-10(25)8-23)21-14-15(22)16-11(20-17(14)18)7-13(26-16)24-5-2-4-19-24/h2,4-5,7,10,25H,3,6,8-9H2,1H3,(H2,18,20). The monoisotopic (exact) mass is 369 g/mol. The molecule has 0 radical (unpaired) electrons. The van der Waals surface area contributed by atoms with Crippen LogP contribution in [0.15, 0.2) is 24.5 Å². The van der Waals surface area contributed by atoms with Crippen molar-refractivity contribution in [1.29, 1.82) is 0 Å². The number of nitrogens with two attached hydrogens (primary N) is 1. The summed E-state index contributed by atoms with van der Waals surface area (Å²) in [6.07, 6.45) is 4.25. The molecule has 1 unspecified atom stereocenters. The lowest BCUT2D eigenvalue weighted by atomic mass is 10.3. The maximum Gasteiger partial charge on any atom is 0.152 e. The lowest BCUT2D eigenvalue weighted by Gasteiger charge is -2.14. The van der Waals surface area contributed by atoms with E-state index in [1.54, 1.807) is 17.5 Å². The van der Waals surface area contributed by atoms with E-state index >= 15 is 0 Å². The van der Waals surface area contributed by atoms with Gasteiger partial charge < -0.3 is 15.4 Å². The summed E-state index contributed by atoms with van der Waals surface area (Å²) in [6, 6.07) is 3.90. The van der Waals surface area contributed by atoms with Crippen molar-refractivity contribution in [2.75, 3.05) is 18.8 Å². The van der Waals surface area contributed by atoms with E-state index in [1.807, 2.05) is 30.1 Å². The zero-order valence-electron chi connectivity index (χ0n) is 14.3. The maximum absolute atomic E-state index is 9.76. The number of aromatic nitrogens is 5. The summed E-state index contributed by atoms with van der Waals surface area (Å²) in [5, 5.41) is 15.1. The van der Waals surface area contributed by atoms with Crippen molar-refractivity contribution in [2.24, 2.45) is 7.05 Å². The first kappa shape index (κ1) is 15.7. The average Bonchev–Trinajstić information content (AvgIpc) is 3.36. The molecule has 5 rings (SSSR count). The predicted molar refractivity (Wildman–Crippen MR) is 101 cm³/mol. The normalized spacial score (nSPS) is 18.5. The molecule has 4 aromatic rings. The molecule has 4 aromatic heterocycles. The van der Waals surface area contributed by atoms with E-state index in [-0.39, 0.29) is 6.10 Å². The van der Waals surface area contributed by atoms with Crippen molar-refractivity contribution in [3.8, 4) is 5.00 Å². The number of β-amino-alcohol motifs (C(OH)–C–C–N with tert-alkyl or cyclic N) is 1. The number of nitrogens with zero attached hydrogens (tertiary/aromatic N) is 6. The highest BCUT2D eigenvalue weighted by atomic mass is 32.1. The van der Waals surface area contributed by atoms with Crippen molar-refractivity contribution >= 4 is 38.4 Å². The van der Waals surface area contributed by atoms with Crippen molar-refractivity contribution in [1.82, 2.24) is 29.2 Å². The molecule has 8 nitrogen and oxygen atoms in total. The highest BCUT2D eigenvalue weighted by Gasteiger charge is 2.23. The van der Waals surface area contributed by atoms with Crippen molar-refractivity contribution in [3.63, 3.8) is 0 Å². The summed E-state index contributed by atoms with van der Waals surface area (Å²) in [6.45, 7) is 2.27. The highest BCUT2D eigenvalue weighted by molar-refractivity contribution is 7.22. The summed E-state index contributed by atoms with van der Waals surface area (Å²) >= 11 is 1.63. The molecule has 0 amide bonds. The molecular weight excluding hydrogens is 350 g/mol. The van der Waals surface area contributed by atoms with Crippen LogP contribution in [0.3, 0.4) is 0 Å². The minimum Gasteiger partial charge on any atom is -0.392 e. The molecule has 134 valence electrons. The molecule has 1 atom stereocenters. The number of aliphatic hydroxyl groups excluding tert-OH is 1. The van der Waals surface area contributed by atoms with Gasteiger partial charge in [-0.15, -0.1) is 11.3 Å². The number of rotatable bonds is 3. The van der Waals surface area contributed by atoms with Gasteiger partial charge in [0.2, 0.25) is 0 Å². The molecule has 0 aromatic carbocycles. The smallest absolute Gasteiger partial charge is 0.152 e. The molecular formula is C17H19N7OS. The number of pyridine rings is 1. The van der Waals surface area contributed by atoms with E-state index in [1.165, 1.54) is 0 Å². The number of hydrogen-bond donors (Lipinski definition) is 2. The molecule has 0 saturated carbocycles. The highest BCUT2D eigenvalue weighted by Crippen LogP contribution is 2.35. The molecule has 3 N–H and O–H groups in total. The average molecular weight is 369 g/mol. The van der Waals surface area contributed by atoms with E-state index < -0.39 is 0 Å². The van der Waals surface area contributed by atoms with Crippen molar-refractivity contribution in [3.05, 3.63) is 30.4 Å². The number of aliphatic hydroxyl groups is 1. The van der Waals surface area contributed by atoms with Crippen LogP contribution in [0.1, 0.15) is 12.2 Å². The fourth-order valence-electron chi connectivity index (χ4n) is 3.60.